The van der Waals surface area contributed by atoms with E-state index in [1.807, 2.05) is 53.1 Å². The lowest BCUT2D eigenvalue weighted by Gasteiger charge is -2.19. The molecule has 4 aromatic rings. The zero-order valence-corrected chi connectivity index (χ0v) is 20.6. The van der Waals surface area contributed by atoms with Crippen LogP contribution in [0.2, 0.25) is 0 Å². The Balaban J connectivity index is 1.39. The number of rotatable bonds is 8. The quantitative estimate of drug-likeness (QED) is 0.352. The summed E-state index contributed by atoms with van der Waals surface area (Å²) < 4.78 is 23.9. The highest BCUT2D eigenvalue weighted by atomic mass is 32.2. The Morgan fingerprint density at radius 1 is 0.944 bits per heavy atom. The first kappa shape index (κ1) is 23.6. The SMILES string of the molecule is COc1ccc(-n2c(SCC(=O)Nc3ccc4c(c3)OCCO4)nnc2-c2ccccc2)cc1OC. The van der Waals surface area contributed by atoms with E-state index >= 15 is 0 Å². The normalized spacial score (nSPS) is 12.2. The van der Waals surface area contributed by atoms with Crippen LogP contribution >= 0.6 is 11.8 Å². The molecule has 1 amide bonds. The standard InChI is InChI=1S/C26H24N4O5S/c1-32-20-11-9-19(15-22(20)33-2)30-25(17-6-4-3-5-7-17)28-29-26(30)36-16-24(31)27-18-8-10-21-23(14-18)35-13-12-34-21/h3-11,14-15H,12-13,16H2,1-2H3,(H,27,31). The van der Waals surface area contributed by atoms with Crippen LogP contribution in [0.1, 0.15) is 0 Å². The minimum atomic E-state index is -0.181. The molecule has 0 fully saturated rings. The summed E-state index contributed by atoms with van der Waals surface area (Å²) in [6.07, 6.45) is 0. The largest absolute Gasteiger partial charge is 0.493 e. The molecule has 1 aromatic heterocycles. The summed E-state index contributed by atoms with van der Waals surface area (Å²) in [5.74, 6) is 3.09. The zero-order valence-electron chi connectivity index (χ0n) is 19.8. The van der Waals surface area contributed by atoms with Crippen LogP contribution < -0.4 is 24.3 Å². The van der Waals surface area contributed by atoms with Gasteiger partial charge in [-0.1, -0.05) is 42.1 Å². The maximum atomic E-state index is 12.8. The Morgan fingerprint density at radius 2 is 1.72 bits per heavy atom. The predicted octanol–water partition coefficient (Wildman–Crippen LogP) is 4.45. The van der Waals surface area contributed by atoms with E-state index in [0.29, 0.717) is 52.9 Å². The summed E-state index contributed by atoms with van der Waals surface area (Å²) in [6, 6.07) is 20.7. The number of aromatic nitrogens is 3. The molecule has 10 heteroatoms. The number of nitrogens with zero attached hydrogens (tertiary/aromatic N) is 3. The van der Waals surface area contributed by atoms with Gasteiger partial charge in [0.05, 0.1) is 25.7 Å². The van der Waals surface area contributed by atoms with Gasteiger partial charge >= 0.3 is 0 Å². The van der Waals surface area contributed by atoms with E-state index in [4.69, 9.17) is 18.9 Å². The number of amides is 1. The van der Waals surface area contributed by atoms with Gasteiger partial charge in [0, 0.05) is 23.4 Å². The smallest absolute Gasteiger partial charge is 0.234 e. The van der Waals surface area contributed by atoms with Crippen molar-refractivity contribution in [1.29, 1.82) is 0 Å². The number of ether oxygens (including phenoxy) is 4. The summed E-state index contributed by atoms with van der Waals surface area (Å²) in [5, 5.41) is 12.3. The first-order valence-corrected chi connectivity index (χ1v) is 12.2. The minimum Gasteiger partial charge on any atom is -0.493 e. The molecule has 184 valence electrons. The number of fused-ring (bicyclic) bond motifs is 1. The van der Waals surface area contributed by atoms with Gasteiger partial charge in [0.1, 0.15) is 13.2 Å². The van der Waals surface area contributed by atoms with Gasteiger partial charge in [0.15, 0.2) is 34.0 Å². The van der Waals surface area contributed by atoms with E-state index in [9.17, 15) is 4.79 Å². The molecule has 0 radical (unpaired) electrons. The molecule has 0 saturated carbocycles. The predicted molar refractivity (Wildman–Crippen MR) is 137 cm³/mol. The molecule has 0 aliphatic carbocycles. The first-order valence-electron chi connectivity index (χ1n) is 11.2. The van der Waals surface area contributed by atoms with Gasteiger partial charge in [-0.15, -0.1) is 10.2 Å². The molecule has 0 unspecified atom stereocenters. The van der Waals surface area contributed by atoms with Crippen molar-refractivity contribution in [1.82, 2.24) is 14.8 Å². The van der Waals surface area contributed by atoms with Crippen molar-refractivity contribution in [3.8, 4) is 40.1 Å². The fourth-order valence-corrected chi connectivity index (χ4v) is 4.53. The highest BCUT2D eigenvalue weighted by Crippen LogP contribution is 2.35. The van der Waals surface area contributed by atoms with Crippen LogP contribution in [0.25, 0.3) is 17.1 Å². The number of nitrogens with one attached hydrogen (secondary N) is 1. The van der Waals surface area contributed by atoms with Crippen LogP contribution in [0.15, 0.2) is 71.9 Å². The third kappa shape index (κ3) is 4.94. The molecule has 0 bridgehead atoms. The van der Waals surface area contributed by atoms with Gasteiger partial charge in [-0.2, -0.15) is 0 Å². The fourth-order valence-electron chi connectivity index (χ4n) is 3.78. The molecule has 0 saturated heterocycles. The molecular formula is C26H24N4O5S. The van der Waals surface area contributed by atoms with Gasteiger partial charge in [-0.3, -0.25) is 9.36 Å². The van der Waals surface area contributed by atoms with Crippen molar-refractivity contribution < 1.29 is 23.7 Å². The maximum absolute atomic E-state index is 12.8. The second kappa shape index (κ2) is 10.6. The van der Waals surface area contributed by atoms with E-state index < -0.39 is 0 Å². The Hall–Kier alpha value is -4.18. The van der Waals surface area contributed by atoms with Crippen LogP contribution in [0.3, 0.4) is 0 Å². The number of hydrogen-bond acceptors (Lipinski definition) is 8. The van der Waals surface area contributed by atoms with Gasteiger partial charge in [0.2, 0.25) is 5.91 Å². The summed E-state index contributed by atoms with van der Waals surface area (Å²) in [6.45, 7) is 0.997. The van der Waals surface area contributed by atoms with Crippen LogP contribution in [0.4, 0.5) is 5.69 Å². The summed E-state index contributed by atoms with van der Waals surface area (Å²) in [5.41, 5.74) is 2.31. The highest BCUT2D eigenvalue weighted by Gasteiger charge is 2.19. The summed E-state index contributed by atoms with van der Waals surface area (Å²) >= 11 is 1.29. The van der Waals surface area contributed by atoms with Crippen LogP contribution in [-0.2, 0) is 4.79 Å². The lowest BCUT2D eigenvalue weighted by molar-refractivity contribution is -0.113. The third-order valence-corrected chi connectivity index (χ3v) is 6.38. The molecule has 2 heterocycles. The molecule has 3 aromatic carbocycles. The number of carbonyl (C=O) groups is 1. The minimum absolute atomic E-state index is 0.134. The lowest BCUT2D eigenvalue weighted by Crippen LogP contribution is -2.17. The Bertz CT molecular complexity index is 1380. The van der Waals surface area contributed by atoms with Crippen LogP contribution in [0.5, 0.6) is 23.0 Å². The van der Waals surface area contributed by atoms with Crippen molar-refractivity contribution in [3.63, 3.8) is 0 Å². The molecule has 5 rings (SSSR count). The third-order valence-electron chi connectivity index (χ3n) is 5.45. The average Bonchev–Trinajstić information content (AvgIpc) is 3.36. The fraction of sp³-hybridized carbons (Fsp3) is 0.192. The number of carbonyl (C=O) groups excluding carboxylic acids is 1. The first-order chi connectivity index (χ1) is 17.7. The second-order valence-electron chi connectivity index (χ2n) is 7.74. The van der Waals surface area contributed by atoms with E-state index in [-0.39, 0.29) is 11.7 Å². The molecule has 1 aliphatic heterocycles. The maximum Gasteiger partial charge on any atom is 0.234 e. The molecule has 1 aliphatic rings. The van der Waals surface area contributed by atoms with E-state index in [1.165, 1.54) is 11.8 Å². The van der Waals surface area contributed by atoms with Gasteiger partial charge in [-0.25, -0.2) is 0 Å². The topological polar surface area (TPSA) is 96.7 Å². The number of thioether (sulfide) groups is 1. The van der Waals surface area contributed by atoms with Crippen molar-refractivity contribution >= 4 is 23.4 Å². The lowest BCUT2D eigenvalue weighted by atomic mass is 10.2. The van der Waals surface area contributed by atoms with Crippen molar-refractivity contribution in [2.45, 2.75) is 5.16 Å². The van der Waals surface area contributed by atoms with Crippen molar-refractivity contribution in [2.75, 3.05) is 38.5 Å². The van der Waals surface area contributed by atoms with E-state index in [2.05, 4.69) is 15.5 Å². The van der Waals surface area contributed by atoms with Gasteiger partial charge < -0.3 is 24.3 Å². The second-order valence-corrected chi connectivity index (χ2v) is 8.68. The Morgan fingerprint density at radius 3 is 2.50 bits per heavy atom. The molecule has 36 heavy (non-hydrogen) atoms. The van der Waals surface area contributed by atoms with E-state index in [1.54, 1.807) is 32.4 Å². The Labute approximate surface area is 212 Å². The average molecular weight is 505 g/mol. The van der Waals surface area contributed by atoms with Crippen LogP contribution in [-0.4, -0.2) is 53.9 Å². The highest BCUT2D eigenvalue weighted by molar-refractivity contribution is 7.99. The van der Waals surface area contributed by atoms with Crippen LogP contribution in [0, 0.1) is 0 Å². The number of methoxy groups -OCH3 is 2. The number of benzene rings is 3. The molecule has 0 atom stereocenters. The number of anilines is 1. The Kier molecular flexibility index (Phi) is 6.94. The zero-order chi connectivity index (χ0) is 24.9. The monoisotopic (exact) mass is 504 g/mol. The van der Waals surface area contributed by atoms with Crippen molar-refractivity contribution in [3.05, 3.63) is 66.7 Å². The van der Waals surface area contributed by atoms with Crippen molar-refractivity contribution in [2.24, 2.45) is 0 Å². The number of hydrogen-bond donors (Lipinski definition) is 1. The molecule has 9 nitrogen and oxygen atoms in total. The summed E-state index contributed by atoms with van der Waals surface area (Å²) in [4.78, 5) is 12.8. The van der Waals surface area contributed by atoms with Gasteiger partial charge in [-0.05, 0) is 24.3 Å². The molecular weight excluding hydrogens is 480 g/mol. The van der Waals surface area contributed by atoms with E-state index in [0.717, 1.165) is 11.3 Å². The molecule has 0 spiro atoms. The molecule has 1 N–H and O–H groups in total. The summed E-state index contributed by atoms with van der Waals surface area (Å²) in [7, 11) is 3.18. The van der Waals surface area contributed by atoms with Gasteiger partial charge in [0.25, 0.3) is 0 Å².